The summed E-state index contributed by atoms with van der Waals surface area (Å²) >= 11 is 0. The first kappa shape index (κ1) is 18.3. The Morgan fingerprint density at radius 2 is 1.78 bits per heavy atom. The largest absolute Gasteiger partial charge is 0.348 e. The molecule has 1 aromatic heterocycles. The number of aryl methyl sites for hydroxylation is 1. The second-order valence-corrected chi connectivity index (χ2v) is 6.25. The van der Waals surface area contributed by atoms with E-state index in [2.05, 4.69) is 10.4 Å². The average molecular weight is 364 g/mol. The van der Waals surface area contributed by atoms with Crippen LogP contribution in [0.1, 0.15) is 32.9 Å². The van der Waals surface area contributed by atoms with E-state index in [0.29, 0.717) is 6.54 Å². The monoisotopic (exact) mass is 364 g/mol. The third-order valence-corrected chi connectivity index (χ3v) is 4.48. The van der Waals surface area contributed by atoms with Crippen LogP contribution >= 0.6 is 0 Å². The second-order valence-electron chi connectivity index (χ2n) is 6.25. The number of nitro groups is 1. The molecule has 27 heavy (non-hydrogen) atoms. The fourth-order valence-corrected chi connectivity index (χ4v) is 2.99. The molecule has 0 fully saturated rings. The van der Waals surface area contributed by atoms with Gasteiger partial charge in [0, 0.05) is 23.9 Å². The molecule has 0 bridgehead atoms. The first-order valence-corrected chi connectivity index (χ1v) is 8.56. The first-order valence-electron chi connectivity index (χ1n) is 8.56. The molecule has 0 aliphatic carbocycles. The van der Waals surface area contributed by atoms with Crippen LogP contribution in [0.4, 0.5) is 5.69 Å². The first-order chi connectivity index (χ1) is 13.0. The molecule has 0 atom stereocenters. The van der Waals surface area contributed by atoms with Crippen LogP contribution in [-0.2, 0) is 13.1 Å². The lowest BCUT2D eigenvalue weighted by Gasteiger charge is -2.08. The van der Waals surface area contributed by atoms with Gasteiger partial charge < -0.3 is 5.32 Å². The summed E-state index contributed by atoms with van der Waals surface area (Å²) in [5, 5.41) is 18.4. The van der Waals surface area contributed by atoms with E-state index in [1.165, 1.54) is 18.2 Å². The molecule has 138 valence electrons. The third-order valence-electron chi connectivity index (χ3n) is 4.48. The van der Waals surface area contributed by atoms with Crippen molar-refractivity contribution in [1.29, 1.82) is 0 Å². The molecule has 2 aromatic carbocycles. The third kappa shape index (κ3) is 4.03. The minimum absolute atomic E-state index is 0.0504. The van der Waals surface area contributed by atoms with Gasteiger partial charge in [-0.25, -0.2) is 0 Å². The molecule has 1 N–H and O–H groups in total. The van der Waals surface area contributed by atoms with Crippen molar-refractivity contribution in [2.75, 3.05) is 0 Å². The normalized spacial score (nSPS) is 10.6. The van der Waals surface area contributed by atoms with Crippen LogP contribution in [0.5, 0.6) is 0 Å². The highest BCUT2D eigenvalue weighted by Gasteiger charge is 2.20. The van der Waals surface area contributed by atoms with E-state index >= 15 is 0 Å². The van der Waals surface area contributed by atoms with Crippen LogP contribution in [0.3, 0.4) is 0 Å². The molecule has 1 amide bonds. The fraction of sp³-hybridized carbons (Fsp3) is 0.200. The highest BCUT2D eigenvalue weighted by Crippen LogP contribution is 2.19. The van der Waals surface area contributed by atoms with Crippen molar-refractivity contribution < 1.29 is 9.72 Å². The van der Waals surface area contributed by atoms with E-state index in [1.807, 2.05) is 48.9 Å². The van der Waals surface area contributed by atoms with Crippen LogP contribution < -0.4 is 5.32 Å². The lowest BCUT2D eigenvalue weighted by molar-refractivity contribution is -0.385. The summed E-state index contributed by atoms with van der Waals surface area (Å²) in [5.41, 5.74) is 3.68. The molecular formula is C20H20N4O3. The Balaban J connectivity index is 1.75. The predicted octanol–water partition coefficient (Wildman–Crippen LogP) is 3.39. The maximum absolute atomic E-state index is 12.4. The number of benzene rings is 2. The molecule has 1 heterocycles. The highest BCUT2D eigenvalue weighted by molar-refractivity contribution is 5.98. The van der Waals surface area contributed by atoms with E-state index in [9.17, 15) is 14.9 Å². The van der Waals surface area contributed by atoms with Gasteiger partial charge >= 0.3 is 0 Å². The maximum atomic E-state index is 12.4. The Morgan fingerprint density at radius 1 is 1.11 bits per heavy atom. The zero-order chi connectivity index (χ0) is 19.4. The smallest absolute Gasteiger partial charge is 0.282 e. The van der Waals surface area contributed by atoms with E-state index in [-0.39, 0.29) is 17.8 Å². The number of para-hydroxylation sites is 1. The molecule has 0 unspecified atom stereocenters. The van der Waals surface area contributed by atoms with Crippen molar-refractivity contribution in [3.63, 3.8) is 0 Å². The molecule has 3 aromatic rings. The van der Waals surface area contributed by atoms with Gasteiger partial charge in [0.2, 0.25) is 0 Å². The zero-order valence-electron chi connectivity index (χ0n) is 15.2. The Morgan fingerprint density at radius 3 is 2.48 bits per heavy atom. The number of carbonyl (C=O) groups excluding carboxylic acids is 1. The summed E-state index contributed by atoms with van der Waals surface area (Å²) in [6.07, 6.45) is 0. The van der Waals surface area contributed by atoms with Gasteiger partial charge in [-0.15, -0.1) is 0 Å². The number of hydrogen-bond acceptors (Lipinski definition) is 4. The summed E-state index contributed by atoms with van der Waals surface area (Å²) < 4.78 is 1.90. The van der Waals surface area contributed by atoms with Crippen molar-refractivity contribution in [3.05, 3.63) is 92.8 Å². The molecule has 0 saturated heterocycles. The molecule has 0 aliphatic rings. The number of aromatic nitrogens is 2. The lowest BCUT2D eigenvalue weighted by Crippen LogP contribution is -2.24. The summed E-state index contributed by atoms with van der Waals surface area (Å²) in [6.45, 7) is 4.75. The molecule has 7 heteroatoms. The molecule has 0 aliphatic heterocycles. The maximum Gasteiger partial charge on any atom is 0.282 e. The van der Waals surface area contributed by atoms with E-state index < -0.39 is 10.8 Å². The van der Waals surface area contributed by atoms with Crippen molar-refractivity contribution in [3.8, 4) is 0 Å². The van der Waals surface area contributed by atoms with E-state index in [1.54, 1.807) is 6.07 Å². The van der Waals surface area contributed by atoms with Crippen LogP contribution in [0.15, 0.2) is 54.6 Å². The number of nitrogens with one attached hydrogen (secondary N) is 1. The van der Waals surface area contributed by atoms with Gasteiger partial charge in [0.15, 0.2) is 0 Å². The van der Waals surface area contributed by atoms with Gasteiger partial charge in [0.05, 0.1) is 17.2 Å². The Bertz CT molecular complexity index is 980. The lowest BCUT2D eigenvalue weighted by atomic mass is 10.1. The summed E-state index contributed by atoms with van der Waals surface area (Å²) in [7, 11) is 0. The van der Waals surface area contributed by atoms with Crippen LogP contribution in [0, 0.1) is 24.0 Å². The van der Waals surface area contributed by atoms with Crippen molar-refractivity contribution in [1.82, 2.24) is 15.1 Å². The molecule has 0 radical (unpaired) electrons. The van der Waals surface area contributed by atoms with E-state index in [4.69, 9.17) is 0 Å². The summed E-state index contributed by atoms with van der Waals surface area (Å²) in [5.74, 6) is -0.475. The minimum atomic E-state index is -0.552. The topological polar surface area (TPSA) is 90.1 Å². The summed E-state index contributed by atoms with van der Waals surface area (Å²) in [4.78, 5) is 23.0. The van der Waals surface area contributed by atoms with Crippen molar-refractivity contribution in [2.24, 2.45) is 0 Å². The fourth-order valence-electron chi connectivity index (χ4n) is 2.99. The van der Waals surface area contributed by atoms with Gasteiger partial charge in [-0.05, 0) is 25.5 Å². The standard InChI is InChI=1S/C20H20N4O3/c1-14-18(15(2)23(22-14)13-16-8-4-3-5-9-16)12-21-20(25)17-10-6-7-11-19(17)24(26)27/h3-11H,12-13H2,1-2H3,(H,21,25). The number of carbonyl (C=O) groups is 1. The van der Waals surface area contributed by atoms with E-state index in [0.717, 1.165) is 22.5 Å². The number of rotatable bonds is 6. The Kier molecular flexibility index (Phi) is 5.30. The van der Waals surface area contributed by atoms with Crippen molar-refractivity contribution in [2.45, 2.75) is 26.9 Å². The van der Waals surface area contributed by atoms with Crippen LogP contribution in [-0.4, -0.2) is 20.6 Å². The van der Waals surface area contributed by atoms with Gasteiger partial charge in [-0.1, -0.05) is 42.5 Å². The van der Waals surface area contributed by atoms with Gasteiger partial charge in [0.1, 0.15) is 5.56 Å². The highest BCUT2D eigenvalue weighted by atomic mass is 16.6. The number of nitro benzene ring substituents is 1. The van der Waals surface area contributed by atoms with Crippen LogP contribution in [0.25, 0.3) is 0 Å². The van der Waals surface area contributed by atoms with Gasteiger partial charge in [0.25, 0.3) is 11.6 Å². The summed E-state index contributed by atoms with van der Waals surface area (Å²) in [6, 6.07) is 15.9. The molecular weight excluding hydrogens is 344 g/mol. The van der Waals surface area contributed by atoms with Crippen LogP contribution in [0.2, 0.25) is 0 Å². The minimum Gasteiger partial charge on any atom is -0.348 e. The average Bonchev–Trinajstić information content (AvgIpc) is 2.93. The molecule has 7 nitrogen and oxygen atoms in total. The van der Waals surface area contributed by atoms with Crippen molar-refractivity contribution >= 4 is 11.6 Å². The quantitative estimate of drug-likeness (QED) is 0.536. The molecule has 0 spiro atoms. The number of nitrogens with zero attached hydrogens (tertiary/aromatic N) is 3. The SMILES string of the molecule is Cc1nn(Cc2ccccc2)c(C)c1CNC(=O)c1ccccc1[N+](=O)[O-]. The Labute approximate surface area is 156 Å². The van der Waals surface area contributed by atoms with Gasteiger partial charge in [-0.3, -0.25) is 19.6 Å². The number of amides is 1. The Hall–Kier alpha value is -3.48. The second kappa shape index (κ2) is 7.82. The zero-order valence-corrected chi connectivity index (χ0v) is 15.2. The molecule has 0 saturated carbocycles. The molecule has 3 rings (SSSR count). The number of hydrogen-bond donors (Lipinski definition) is 1. The predicted molar refractivity (Wildman–Crippen MR) is 102 cm³/mol. The van der Waals surface area contributed by atoms with Gasteiger partial charge in [-0.2, -0.15) is 5.10 Å².